The van der Waals surface area contributed by atoms with Crippen molar-refractivity contribution in [3.8, 4) is 0 Å². The Morgan fingerprint density at radius 3 is 2.53 bits per heavy atom. The van der Waals surface area contributed by atoms with Crippen LogP contribution >= 0.6 is 35.0 Å². The fraction of sp³-hybridized carbons (Fsp3) is 0.300. The summed E-state index contributed by atoms with van der Waals surface area (Å²) in [7, 11) is 0. The van der Waals surface area contributed by atoms with Gasteiger partial charge in [0.15, 0.2) is 5.78 Å². The molecule has 0 N–H and O–H groups in total. The van der Waals surface area contributed by atoms with Crippen LogP contribution in [0.25, 0.3) is 0 Å². The summed E-state index contributed by atoms with van der Waals surface area (Å²) in [6.07, 6.45) is -0.0609. The second-order valence-corrected chi connectivity index (χ2v) is 4.96. The van der Waals surface area contributed by atoms with Crippen LogP contribution in [0.15, 0.2) is 23.1 Å². The first kappa shape index (κ1) is 14.7. The van der Waals surface area contributed by atoms with E-state index >= 15 is 0 Å². The van der Waals surface area contributed by atoms with Gasteiger partial charge in [0.2, 0.25) is 0 Å². The zero-order valence-electron chi connectivity index (χ0n) is 8.35. The highest BCUT2D eigenvalue weighted by Gasteiger charge is 2.29. The number of benzene rings is 1. The minimum absolute atomic E-state index is 0.000674. The van der Waals surface area contributed by atoms with Crippen LogP contribution in [0.1, 0.15) is 5.56 Å². The molecule has 17 heavy (non-hydrogen) atoms. The predicted molar refractivity (Wildman–Crippen MR) is 62.8 cm³/mol. The van der Waals surface area contributed by atoms with Crippen molar-refractivity contribution < 1.29 is 18.0 Å². The average molecular weight is 303 g/mol. The Morgan fingerprint density at radius 1 is 1.35 bits per heavy atom. The summed E-state index contributed by atoms with van der Waals surface area (Å²) in [4.78, 5) is 11.1. The molecule has 0 aliphatic rings. The van der Waals surface area contributed by atoms with Crippen molar-refractivity contribution >= 4 is 40.7 Å². The Labute approximate surface area is 110 Å². The quantitative estimate of drug-likeness (QED) is 0.609. The highest BCUT2D eigenvalue weighted by molar-refractivity contribution is 8.00. The number of alkyl halides is 4. The van der Waals surface area contributed by atoms with Crippen LogP contribution < -0.4 is 0 Å². The predicted octanol–water partition coefficient (Wildman–Crippen LogP) is 4.30. The Hall–Kier alpha value is -0.390. The van der Waals surface area contributed by atoms with Crippen LogP contribution in [-0.4, -0.2) is 17.2 Å². The van der Waals surface area contributed by atoms with E-state index in [9.17, 15) is 18.0 Å². The zero-order valence-corrected chi connectivity index (χ0v) is 10.7. The number of rotatable bonds is 4. The Morgan fingerprint density at radius 2 is 2.00 bits per heavy atom. The van der Waals surface area contributed by atoms with Crippen LogP contribution in [0.2, 0.25) is 5.02 Å². The van der Waals surface area contributed by atoms with Crippen LogP contribution in [-0.2, 0) is 11.2 Å². The fourth-order valence-corrected chi connectivity index (χ4v) is 2.03. The summed E-state index contributed by atoms with van der Waals surface area (Å²) in [5.74, 6) is -0.477. The second-order valence-electron chi connectivity index (χ2n) is 3.15. The molecule has 7 heteroatoms. The van der Waals surface area contributed by atoms with Crippen molar-refractivity contribution in [3.05, 3.63) is 28.8 Å². The van der Waals surface area contributed by atoms with Crippen molar-refractivity contribution in [1.82, 2.24) is 0 Å². The molecule has 0 aliphatic heterocycles. The van der Waals surface area contributed by atoms with Crippen molar-refractivity contribution in [1.29, 1.82) is 0 Å². The Bertz CT molecular complexity index is 421. The third-order valence-electron chi connectivity index (χ3n) is 1.79. The summed E-state index contributed by atoms with van der Waals surface area (Å²) in [6, 6.07) is 3.85. The molecular weight excluding hydrogens is 296 g/mol. The topological polar surface area (TPSA) is 17.1 Å². The largest absolute Gasteiger partial charge is 0.446 e. The summed E-state index contributed by atoms with van der Waals surface area (Å²) in [5.41, 5.74) is -4.01. The third-order valence-corrected chi connectivity index (χ3v) is 3.18. The van der Waals surface area contributed by atoms with Crippen LogP contribution in [0.3, 0.4) is 0 Å². The molecule has 1 nitrogen and oxygen atoms in total. The van der Waals surface area contributed by atoms with Gasteiger partial charge in [-0.25, -0.2) is 0 Å². The van der Waals surface area contributed by atoms with Gasteiger partial charge in [0, 0.05) is 16.3 Å². The van der Waals surface area contributed by atoms with Gasteiger partial charge in [-0.15, -0.1) is 11.6 Å². The maximum absolute atomic E-state index is 12.1. The van der Waals surface area contributed by atoms with Gasteiger partial charge in [-0.3, -0.25) is 4.79 Å². The molecule has 1 aromatic rings. The van der Waals surface area contributed by atoms with Gasteiger partial charge in [0.25, 0.3) is 0 Å². The molecule has 0 unspecified atom stereocenters. The van der Waals surface area contributed by atoms with Gasteiger partial charge in [-0.1, -0.05) is 11.6 Å². The standard InChI is InChI=1S/C10H7Cl2F3OS/c11-5-7(16)3-6-4-8(1-2-9(6)12)17-10(13,14)15/h1-2,4H,3,5H2. The lowest BCUT2D eigenvalue weighted by atomic mass is 10.1. The van der Waals surface area contributed by atoms with Gasteiger partial charge in [-0.05, 0) is 35.5 Å². The van der Waals surface area contributed by atoms with Gasteiger partial charge < -0.3 is 0 Å². The first-order chi connectivity index (χ1) is 7.81. The molecule has 1 aromatic carbocycles. The molecule has 0 radical (unpaired) electrons. The summed E-state index contributed by atoms with van der Waals surface area (Å²) >= 11 is 10.9. The zero-order chi connectivity index (χ0) is 13.1. The maximum atomic E-state index is 12.1. The minimum atomic E-state index is -4.36. The van der Waals surface area contributed by atoms with Gasteiger partial charge in [0.1, 0.15) is 0 Å². The number of halogens is 5. The molecule has 0 bridgehead atoms. The molecule has 0 heterocycles. The molecule has 0 saturated carbocycles. The van der Waals surface area contributed by atoms with E-state index in [4.69, 9.17) is 23.2 Å². The molecule has 0 aromatic heterocycles. The molecule has 0 spiro atoms. The van der Waals surface area contributed by atoms with E-state index in [0.717, 1.165) is 0 Å². The third kappa shape index (κ3) is 5.19. The molecular formula is C10H7Cl2F3OS. The molecule has 0 fully saturated rings. The van der Waals surface area contributed by atoms with Crippen molar-refractivity contribution in [2.24, 2.45) is 0 Å². The molecule has 0 atom stereocenters. The SMILES string of the molecule is O=C(CCl)Cc1cc(SC(F)(F)F)ccc1Cl. The molecule has 1 rings (SSSR count). The second kappa shape index (κ2) is 5.98. The number of carbonyl (C=O) groups is 1. The van der Waals surface area contributed by atoms with Crippen LogP contribution in [0.5, 0.6) is 0 Å². The van der Waals surface area contributed by atoms with E-state index in [1.165, 1.54) is 18.2 Å². The number of hydrogen-bond acceptors (Lipinski definition) is 2. The Balaban J connectivity index is 2.90. The Kier molecular flexibility index (Phi) is 5.16. The first-order valence-electron chi connectivity index (χ1n) is 4.43. The van der Waals surface area contributed by atoms with E-state index in [1.807, 2.05) is 0 Å². The molecule has 94 valence electrons. The number of ketones is 1. The van der Waals surface area contributed by atoms with Crippen LogP contribution in [0, 0.1) is 0 Å². The van der Waals surface area contributed by atoms with Crippen molar-refractivity contribution in [3.63, 3.8) is 0 Å². The van der Waals surface area contributed by atoms with Gasteiger partial charge in [-0.2, -0.15) is 13.2 Å². The lowest BCUT2D eigenvalue weighted by Crippen LogP contribution is -2.05. The first-order valence-corrected chi connectivity index (χ1v) is 6.16. The smallest absolute Gasteiger partial charge is 0.298 e. The number of Topliss-reactive ketones (excluding diaryl/α,β-unsaturated/α-hetero) is 1. The summed E-state index contributed by atoms with van der Waals surface area (Å²) < 4.78 is 36.4. The van der Waals surface area contributed by atoms with Crippen molar-refractivity contribution in [2.45, 2.75) is 16.8 Å². The van der Waals surface area contributed by atoms with E-state index < -0.39 is 5.51 Å². The lowest BCUT2D eigenvalue weighted by Gasteiger charge is -2.08. The van der Waals surface area contributed by atoms with E-state index in [-0.39, 0.29) is 39.8 Å². The van der Waals surface area contributed by atoms with Gasteiger partial charge in [0.05, 0.1) is 5.88 Å². The number of carbonyl (C=O) groups excluding carboxylic acids is 1. The molecule has 0 aliphatic carbocycles. The molecule has 0 amide bonds. The fourth-order valence-electron chi connectivity index (χ4n) is 1.14. The monoisotopic (exact) mass is 302 g/mol. The van der Waals surface area contributed by atoms with E-state index in [2.05, 4.69) is 0 Å². The van der Waals surface area contributed by atoms with Gasteiger partial charge >= 0.3 is 5.51 Å². The lowest BCUT2D eigenvalue weighted by molar-refractivity contribution is -0.116. The maximum Gasteiger partial charge on any atom is 0.446 e. The molecule has 0 saturated heterocycles. The number of hydrogen-bond donors (Lipinski definition) is 0. The highest BCUT2D eigenvalue weighted by Crippen LogP contribution is 2.38. The average Bonchev–Trinajstić information content (AvgIpc) is 2.20. The summed E-state index contributed by atoms with van der Waals surface area (Å²) in [5, 5.41) is 0.259. The normalized spacial score (nSPS) is 11.6. The summed E-state index contributed by atoms with van der Waals surface area (Å²) in [6.45, 7) is 0. The highest BCUT2D eigenvalue weighted by atomic mass is 35.5. The van der Waals surface area contributed by atoms with E-state index in [0.29, 0.717) is 5.56 Å². The number of thioether (sulfide) groups is 1. The van der Waals surface area contributed by atoms with Crippen molar-refractivity contribution in [2.75, 3.05) is 5.88 Å². The minimum Gasteiger partial charge on any atom is -0.298 e. The van der Waals surface area contributed by atoms with Crippen LogP contribution in [0.4, 0.5) is 13.2 Å². The van der Waals surface area contributed by atoms with E-state index in [1.54, 1.807) is 0 Å².